The summed E-state index contributed by atoms with van der Waals surface area (Å²) in [6, 6.07) is 5.99. The van der Waals surface area contributed by atoms with E-state index in [0.29, 0.717) is 13.1 Å². The maximum Gasteiger partial charge on any atom is 0.239 e. The van der Waals surface area contributed by atoms with Crippen LogP contribution in [0.15, 0.2) is 22.7 Å². The highest BCUT2D eigenvalue weighted by atomic mass is 79.9. The number of likely N-dealkylation sites (N-methyl/N-ethyl adjacent to an activating group) is 1. The van der Waals surface area contributed by atoms with Crippen molar-refractivity contribution >= 4 is 27.5 Å². The van der Waals surface area contributed by atoms with Gasteiger partial charge in [-0.25, -0.2) is 0 Å². The van der Waals surface area contributed by atoms with Gasteiger partial charge >= 0.3 is 0 Å². The Bertz CT molecular complexity index is 352. The van der Waals surface area contributed by atoms with Gasteiger partial charge in [0.25, 0.3) is 0 Å². The second-order valence-electron chi connectivity index (χ2n) is 3.29. The van der Waals surface area contributed by atoms with Gasteiger partial charge in [0.1, 0.15) is 0 Å². The minimum Gasteiger partial charge on any atom is -0.375 e. The van der Waals surface area contributed by atoms with E-state index in [9.17, 15) is 4.79 Å². The van der Waals surface area contributed by atoms with E-state index >= 15 is 0 Å². The fourth-order valence-corrected chi connectivity index (χ4v) is 1.60. The molecule has 0 heterocycles. The van der Waals surface area contributed by atoms with Crippen LogP contribution in [0.2, 0.25) is 0 Å². The molecule has 0 radical (unpaired) electrons. The zero-order valence-electron chi connectivity index (χ0n) is 8.93. The summed E-state index contributed by atoms with van der Waals surface area (Å²) >= 11 is 3.43. The standard InChI is InChI=1S/C11H15BrN2O/c1-3-13-11(15)7-14-10-6-8(2)4-5-9(10)12/h4-6,14H,3,7H2,1-2H3,(H,13,15). The molecular weight excluding hydrogens is 256 g/mol. The number of rotatable bonds is 4. The van der Waals surface area contributed by atoms with E-state index in [4.69, 9.17) is 0 Å². The van der Waals surface area contributed by atoms with Crippen molar-refractivity contribution in [2.75, 3.05) is 18.4 Å². The Kier molecular flexibility index (Phi) is 4.62. The maximum absolute atomic E-state index is 11.2. The first-order valence-corrected chi connectivity index (χ1v) is 5.69. The highest BCUT2D eigenvalue weighted by Gasteiger charge is 2.02. The van der Waals surface area contributed by atoms with Crippen molar-refractivity contribution < 1.29 is 4.79 Å². The molecular formula is C11H15BrN2O. The number of carbonyl (C=O) groups excluding carboxylic acids is 1. The van der Waals surface area contributed by atoms with Crippen molar-refractivity contribution in [3.05, 3.63) is 28.2 Å². The van der Waals surface area contributed by atoms with Crippen molar-refractivity contribution in [1.29, 1.82) is 0 Å². The molecule has 1 aromatic carbocycles. The molecule has 0 fully saturated rings. The molecule has 0 spiro atoms. The van der Waals surface area contributed by atoms with Gasteiger partial charge in [-0.05, 0) is 47.5 Å². The molecule has 0 bridgehead atoms. The molecule has 2 N–H and O–H groups in total. The predicted octanol–water partition coefficient (Wildman–Crippen LogP) is 2.31. The summed E-state index contributed by atoms with van der Waals surface area (Å²) in [7, 11) is 0. The molecule has 0 saturated heterocycles. The normalized spacial score (nSPS) is 9.80. The lowest BCUT2D eigenvalue weighted by molar-refractivity contribution is -0.119. The van der Waals surface area contributed by atoms with E-state index in [1.807, 2.05) is 32.0 Å². The second kappa shape index (κ2) is 5.75. The third-order valence-electron chi connectivity index (χ3n) is 1.94. The molecule has 15 heavy (non-hydrogen) atoms. The van der Waals surface area contributed by atoms with Crippen molar-refractivity contribution in [3.8, 4) is 0 Å². The summed E-state index contributed by atoms with van der Waals surface area (Å²) in [5.41, 5.74) is 2.11. The lowest BCUT2D eigenvalue weighted by Crippen LogP contribution is -2.29. The molecule has 1 amide bonds. The molecule has 0 aliphatic rings. The quantitative estimate of drug-likeness (QED) is 0.882. The number of anilines is 1. The topological polar surface area (TPSA) is 41.1 Å². The Labute approximate surface area is 98.4 Å². The molecule has 0 aromatic heterocycles. The van der Waals surface area contributed by atoms with E-state index in [0.717, 1.165) is 15.7 Å². The van der Waals surface area contributed by atoms with Crippen LogP contribution in [0.25, 0.3) is 0 Å². The van der Waals surface area contributed by atoms with Gasteiger partial charge in [0.05, 0.1) is 6.54 Å². The van der Waals surface area contributed by atoms with Crippen molar-refractivity contribution in [2.24, 2.45) is 0 Å². The monoisotopic (exact) mass is 270 g/mol. The summed E-state index contributed by atoms with van der Waals surface area (Å²) in [6.07, 6.45) is 0. The molecule has 1 aromatic rings. The molecule has 0 atom stereocenters. The molecule has 4 heteroatoms. The fraction of sp³-hybridized carbons (Fsp3) is 0.364. The average molecular weight is 271 g/mol. The molecule has 0 aliphatic heterocycles. The van der Waals surface area contributed by atoms with Crippen LogP contribution in [0.1, 0.15) is 12.5 Å². The molecule has 82 valence electrons. The number of halogens is 1. The lowest BCUT2D eigenvalue weighted by Gasteiger charge is -2.09. The highest BCUT2D eigenvalue weighted by Crippen LogP contribution is 2.22. The van der Waals surface area contributed by atoms with Crippen LogP contribution in [0.3, 0.4) is 0 Å². The predicted molar refractivity (Wildman–Crippen MR) is 66.1 cm³/mol. The summed E-state index contributed by atoms with van der Waals surface area (Å²) in [5.74, 6) is 0.00547. The number of amides is 1. The maximum atomic E-state index is 11.2. The van der Waals surface area contributed by atoms with Crippen molar-refractivity contribution in [3.63, 3.8) is 0 Å². The average Bonchev–Trinajstić information content (AvgIpc) is 2.20. The van der Waals surface area contributed by atoms with E-state index in [2.05, 4.69) is 26.6 Å². The molecule has 1 rings (SSSR count). The van der Waals surface area contributed by atoms with E-state index in [1.165, 1.54) is 0 Å². The Morgan fingerprint density at radius 2 is 2.20 bits per heavy atom. The number of hydrogen-bond donors (Lipinski definition) is 2. The first-order chi connectivity index (χ1) is 7.13. The minimum atomic E-state index is 0.00547. The van der Waals surface area contributed by atoms with Gasteiger partial charge in [-0.3, -0.25) is 4.79 Å². The zero-order valence-corrected chi connectivity index (χ0v) is 10.5. The van der Waals surface area contributed by atoms with Crippen LogP contribution in [0.4, 0.5) is 5.69 Å². The minimum absolute atomic E-state index is 0.00547. The van der Waals surface area contributed by atoms with Gasteiger partial charge in [-0.1, -0.05) is 6.07 Å². The largest absolute Gasteiger partial charge is 0.375 e. The van der Waals surface area contributed by atoms with Gasteiger partial charge in [0.2, 0.25) is 5.91 Å². The molecule has 0 aliphatic carbocycles. The zero-order chi connectivity index (χ0) is 11.3. The molecule has 3 nitrogen and oxygen atoms in total. The van der Waals surface area contributed by atoms with Crippen LogP contribution in [0.5, 0.6) is 0 Å². The lowest BCUT2D eigenvalue weighted by atomic mass is 10.2. The van der Waals surface area contributed by atoms with E-state index in [-0.39, 0.29) is 5.91 Å². The Morgan fingerprint density at radius 3 is 2.87 bits per heavy atom. The third kappa shape index (κ3) is 3.91. The van der Waals surface area contributed by atoms with Crippen molar-refractivity contribution in [2.45, 2.75) is 13.8 Å². The second-order valence-corrected chi connectivity index (χ2v) is 4.14. The smallest absolute Gasteiger partial charge is 0.239 e. The number of carbonyl (C=O) groups is 1. The summed E-state index contributed by atoms with van der Waals surface area (Å²) < 4.78 is 0.970. The van der Waals surface area contributed by atoms with Crippen LogP contribution in [-0.2, 0) is 4.79 Å². The Hall–Kier alpha value is -1.03. The molecule has 0 unspecified atom stereocenters. The van der Waals surface area contributed by atoms with Gasteiger partial charge in [0.15, 0.2) is 0 Å². The summed E-state index contributed by atoms with van der Waals surface area (Å²) in [5, 5.41) is 5.81. The fourth-order valence-electron chi connectivity index (χ4n) is 1.21. The third-order valence-corrected chi connectivity index (χ3v) is 2.63. The highest BCUT2D eigenvalue weighted by molar-refractivity contribution is 9.10. The van der Waals surface area contributed by atoms with Crippen LogP contribution < -0.4 is 10.6 Å². The van der Waals surface area contributed by atoms with Crippen molar-refractivity contribution in [1.82, 2.24) is 5.32 Å². The van der Waals surface area contributed by atoms with Gasteiger partial charge in [-0.15, -0.1) is 0 Å². The van der Waals surface area contributed by atoms with E-state index < -0.39 is 0 Å². The Balaban J connectivity index is 2.57. The van der Waals surface area contributed by atoms with Crippen LogP contribution >= 0.6 is 15.9 Å². The van der Waals surface area contributed by atoms with E-state index in [1.54, 1.807) is 0 Å². The number of nitrogens with one attached hydrogen (secondary N) is 2. The van der Waals surface area contributed by atoms with Crippen LogP contribution in [0, 0.1) is 6.92 Å². The van der Waals surface area contributed by atoms with Gasteiger partial charge < -0.3 is 10.6 Å². The summed E-state index contributed by atoms with van der Waals surface area (Å²) in [6.45, 7) is 4.88. The molecule has 0 saturated carbocycles. The number of hydrogen-bond acceptors (Lipinski definition) is 2. The first kappa shape index (κ1) is 12.0. The van der Waals surface area contributed by atoms with Crippen LogP contribution in [-0.4, -0.2) is 19.0 Å². The van der Waals surface area contributed by atoms with Gasteiger partial charge in [0, 0.05) is 16.7 Å². The van der Waals surface area contributed by atoms with Gasteiger partial charge in [-0.2, -0.15) is 0 Å². The Morgan fingerprint density at radius 1 is 1.47 bits per heavy atom. The first-order valence-electron chi connectivity index (χ1n) is 4.90. The SMILES string of the molecule is CCNC(=O)CNc1cc(C)ccc1Br. The number of benzene rings is 1. The number of aryl methyl sites for hydroxylation is 1. The summed E-state index contributed by atoms with van der Waals surface area (Å²) in [4.78, 5) is 11.2.